The topological polar surface area (TPSA) is 61.6 Å². The number of rotatable bonds is 5. The van der Waals surface area contributed by atoms with E-state index in [1.54, 1.807) is 29.2 Å². The maximum absolute atomic E-state index is 13.1. The van der Waals surface area contributed by atoms with Crippen LogP contribution in [0.15, 0.2) is 48.5 Å². The molecule has 160 valence electrons. The van der Waals surface area contributed by atoms with Crippen molar-refractivity contribution in [2.45, 2.75) is 44.6 Å². The van der Waals surface area contributed by atoms with Gasteiger partial charge in [0, 0.05) is 44.0 Å². The lowest BCUT2D eigenvalue weighted by molar-refractivity contribution is 0.0993. The quantitative estimate of drug-likeness (QED) is 0.727. The highest BCUT2D eigenvalue weighted by atomic mass is 16.2. The zero-order chi connectivity index (χ0) is 20.9. The number of amides is 1. The van der Waals surface area contributed by atoms with Gasteiger partial charge in [0.25, 0.3) is 5.91 Å². The third kappa shape index (κ3) is 4.62. The normalized spacial score (nSPS) is 20.2. The van der Waals surface area contributed by atoms with Crippen molar-refractivity contribution in [3.05, 3.63) is 54.1 Å². The molecule has 5 heteroatoms. The molecule has 30 heavy (non-hydrogen) atoms. The van der Waals surface area contributed by atoms with E-state index in [0.717, 1.165) is 36.9 Å². The molecule has 1 amide bonds. The Morgan fingerprint density at radius 1 is 1.10 bits per heavy atom. The number of piperazine rings is 1. The minimum atomic E-state index is -0.0126. The van der Waals surface area contributed by atoms with Gasteiger partial charge in [0.05, 0.1) is 11.4 Å². The van der Waals surface area contributed by atoms with Crippen LogP contribution in [0.2, 0.25) is 0 Å². The number of nitrogens with zero attached hydrogens (tertiary/aromatic N) is 2. The number of nitrogens with two attached hydrogens (primary N) is 1. The number of nitrogen functional groups attached to an aromatic ring is 1. The van der Waals surface area contributed by atoms with Gasteiger partial charge in [-0.3, -0.25) is 4.79 Å². The fraction of sp³-hybridized carbons (Fsp3) is 0.480. The van der Waals surface area contributed by atoms with Gasteiger partial charge in [-0.1, -0.05) is 44.2 Å². The number of para-hydroxylation sites is 2. The monoisotopic (exact) mass is 406 g/mol. The summed E-state index contributed by atoms with van der Waals surface area (Å²) < 4.78 is 0. The van der Waals surface area contributed by atoms with Crippen LogP contribution in [0.5, 0.6) is 0 Å². The number of anilines is 3. The Kier molecular flexibility index (Phi) is 6.58. The van der Waals surface area contributed by atoms with Crippen LogP contribution in [0, 0.1) is 5.92 Å². The third-order valence-electron chi connectivity index (χ3n) is 6.70. The van der Waals surface area contributed by atoms with Crippen molar-refractivity contribution in [3.63, 3.8) is 0 Å². The van der Waals surface area contributed by atoms with Gasteiger partial charge >= 0.3 is 0 Å². The van der Waals surface area contributed by atoms with Gasteiger partial charge in [0.2, 0.25) is 0 Å². The second-order valence-corrected chi connectivity index (χ2v) is 8.77. The lowest BCUT2D eigenvalue weighted by Crippen LogP contribution is -2.52. The molecule has 1 aliphatic heterocycles. The van der Waals surface area contributed by atoms with Crippen molar-refractivity contribution in [1.29, 1.82) is 0 Å². The predicted octanol–water partition coefficient (Wildman–Crippen LogP) is 4.29. The summed E-state index contributed by atoms with van der Waals surface area (Å²) >= 11 is 0. The van der Waals surface area contributed by atoms with Crippen LogP contribution in [-0.2, 0) is 0 Å². The van der Waals surface area contributed by atoms with Gasteiger partial charge in [-0.2, -0.15) is 0 Å². The van der Waals surface area contributed by atoms with E-state index in [1.807, 2.05) is 13.1 Å². The van der Waals surface area contributed by atoms with Gasteiger partial charge in [0.1, 0.15) is 0 Å². The molecular formula is C25H34N4O. The number of nitrogens with one attached hydrogen (secondary N) is 1. The molecule has 5 nitrogen and oxygen atoms in total. The molecule has 2 fully saturated rings. The maximum Gasteiger partial charge on any atom is 0.258 e. The number of carbonyl (C=O) groups is 1. The van der Waals surface area contributed by atoms with E-state index in [1.165, 1.54) is 38.5 Å². The van der Waals surface area contributed by atoms with Crippen LogP contribution in [0.3, 0.4) is 0 Å². The molecule has 2 aromatic carbocycles. The lowest BCUT2D eigenvalue weighted by atomic mass is 9.84. The minimum absolute atomic E-state index is 0.0126. The van der Waals surface area contributed by atoms with Crippen LogP contribution in [0.4, 0.5) is 17.1 Å². The van der Waals surface area contributed by atoms with E-state index < -0.39 is 0 Å². The summed E-state index contributed by atoms with van der Waals surface area (Å²) in [5.41, 5.74) is 9.24. The summed E-state index contributed by atoms with van der Waals surface area (Å²) in [6.45, 7) is 2.96. The smallest absolute Gasteiger partial charge is 0.258 e. The van der Waals surface area contributed by atoms with Crippen molar-refractivity contribution in [2.24, 2.45) is 5.92 Å². The first-order chi connectivity index (χ1) is 14.6. The van der Waals surface area contributed by atoms with Crippen LogP contribution >= 0.6 is 0 Å². The summed E-state index contributed by atoms with van der Waals surface area (Å²) in [6, 6.07) is 16.0. The molecule has 1 atom stereocenters. The van der Waals surface area contributed by atoms with Crippen LogP contribution < -0.4 is 20.9 Å². The molecular weight excluding hydrogens is 372 g/mol. The molecule has 1 aliphatic carbocycles. The average molecular weight is 407 g/mol. The van der Waals surface area contributed by atoms with E-state index in [4.69, 9.17) is 5.73 Å². The average Bonchev–Trinajstić information content (AvgIpc) is 2.80. The largest absolute Gasteiger partial charge is 0.399 e. The van der Waals surface area contributed by atoms with E-state index >= 15 is 0 Å². The number of hydrogen-bond donors (Lipinski definition) is 2. The van der Waals surface area contributed by atoms with Crippen molar-refractivity contribution in [2.75, 3.05) is 42.2 Å². The van der Waals surface area contributed by atoms with E-state index in [-0.39, 0.29) is 5.91 Å². The Morgan fingerprint density at radius 3 is 2.60 bits per heavy atom. The van der Waals surface area contributed by atoms with Crippen molar-refractivity contribution in [3.8, 4) is 0 Å². The molecule has 0 spiro atoms. The molecule has 3 N–H and O–H groups in total. The summed E-state index contributed by atoms with van der Waals surface area (Å²) in [5.74, 6) is 0.814. The molecule has 4 rings (SSSR count). The van der Waals surface area contributed by atoms with E-state index in [2.05, 4.69) is 28.4 Å². The fourth-order valence-electron chi connectivity index (χ4n) is 5.02. The van der Waals surface area contributed by atoms with Crippen LogP contribution in [0.25, 0.3) is 0 Å². The second-order valence-electron chi connectivity index (χ2n) is 8.77. The standard InChI is InChI=1S/C25H34N4O/c1-28(25(30)20-11-13-21(26)14-12-20)23-9-5-6-10-24(23)29-16-15-27-18-22(29)17-19-7-3-2-4-8-19/h5-6,9-14,19,22,27H,2-4,7-8,15-18,26H2,1H3. The summed E-state index contributed by atoms with van der Waals surface area (Å²) in [4.78, 5) is 17.5. The van der Waals surface area contributed by atoms with Gasteiger partial charge < -0.3 is 20.9 Å². The molecule has 1 saturated carbocycles. The number of hydrogen-bond acceptors (Lipinski definition) is 4. The molecule has 1 heterocycles. The van der Waals surface area contributed by atoms with E-state index in [9.17, 15) is 4.79 Å². The molecule has 1 saturated heterocycles. The first kappa shape index (κ1) is 20.7. The zero-order valence-electron chi connectivity index (χ0n) is 18.0. The lowest BCUT2D eigenvalue weighted by Gasteiger charge is -2.41. The second kappa shape index (κ2) is 9.52. The van der Waals surface area contributed by atoms with Crippen LogP contribution in [-0.4, -0.2) is 38.6 Å². The van der Waals surface area contributed by atoms with Gasteiger partial charge in [-0.25, -0.2) is 0 Å². The Morgan fingerprint density at radius 2 is 1.83 bits per heavy atom. The fourth-order valence-corrected chi connectivity index (χ4v) is 5.02. The SMILES string of the molecule is CN(C(=O)c1ccc(N)cc1)c1ccccc1N1CCNCC1CC1CCCCC1. The van der Waals surface area contributed by atoms with E-state index in [0.29, 0.717) is 17.3 Å². The molecule has 0 radical (unpaired) electrons. The molecule has 2 aliphatic rings. The molecule has 0 aromatic heterocycles. The summed E-state index contributed by atoms with van der Waals surface area (Å²) in [7, 11) is 1.87. The predicted molar refractivity (Wildman–Crippen MR) is 125 cm³/mol. The molecule has 0 bridgehead atoms. The minimum Gasteiger partial charge on any atom is -0.399 e. The number of carbonyl (C=O) groups excluding carboxylic acids is 1. The molecule has 2 aromatic rings. The maximum atomic E-state index is 13.1. The van der Waals surface area contributed by atoms with Crippen molar-refractivity contribution >= 4 is 23.0 Å². The Balaban J connectivity index is 1.57. The Hall–Kier alpha value is -2.53. The van der Waals surface area contributed by atoms with Crippen molar-refractivity contribution < 1.29 is 4.79 Å². The first-order valence-corrected chi connectivity index (χ1v) is 11.3. The van der Waals surface area contributed by atoms with Crippen LogP contribution in [0.1, 0.15) is 48.9 Å². The zero-order valence-corrected chi connectivity index (χ0v) is 18.0. The summed E-state index contributed by atoms with van der Waals surface area (Å²) in [5, 5.41) is 3.59. The van der Waals surface area contributed by atoms with Gasteiger partial charge in [-0.05, 0) is 48.7 Å². The van der Waals surface area contributed by atoms with Gasteiger partial charge in [0.15, 0.2) is 0 Å². The Labute approximate surface area is 180 Å². The first-order valence-electron chi connectivity index (χ1n) is 11.3. The van der Waals surface area contributed by atoms with Crippen molar-refractivity contribution in [1.82, 2.24) is 5.32 Å². The summed E-state index contributed by atoms with van der Waals surface area (Å²) in [6.07, 6.45) is 8.10. The number of benzene rings is 2. The third-order valence-corrected chi connectivity index (χ3v) is 6.70. The highest BCUT2D eigenvalue weighted by Crippen LogP contribution is 2.35. The highest BCUT2D eigenvalue weighted by Gasteiger charge is 2.29. The van der Waals surface area contributed by atoms with Gasteiger partial charge in [-0.15, -0.1) is 0 Å². The Bertz CT molecular complexity index is 844. The highest BCUT2D eigenvalue weighted by molar-refractivity contribution is 6.07. The molecule has 1 unspecified atom stereocenters.